The van der Waals surface area contributed by atoms with Gasteiger partial charge in [-0.3, -0.25) is 14.4 Å². The van der Waals surface area contributed by atoms with Gasteiger partial charge >= 0.3 is 5.97 Å². The Labute approximate surface area is 129 Å². The van der Waals surface area contributed by atoms with E-state index in [0.717, 1.165) is 17.7 Å². The Kier molecular flexibility index (Phi) is 4.21. The number of carbonyl (C=O) groups excluding carboxylic acids is 2. The Morgan fingerprint density at radius 1 is 1.32 bits per heavy atom. The fourth-order valence-corrected chi connectivity index (χ4v) is 2.49. The third-order valence-corrected chi connectivity index (χ3v) is 3.82. The highest BCUT2D eigenvalue weighted by molar-refractivity contribution is 5.96. The molecule has 2 amide bonds. The molecule has 0 atom stereocenters. The number of carboxylic acids is 1. The standard InChI is InChI=1S/C16H20N2O4/c1-10(19)18-7-6-11-8-12(4-5-13(11)18)17-14(20)9-16(2,3)15(21)22/h4-5,8H,6-7,9H2,1-3H3,(H,17,20)(H,21,22). The Morgan fingerprint density at radius 3 is 2.59 bits per heavy atom. The van der Waals surface area contributed by atoms with Gasteiger partial charge in [0, 0.05) is 31.3 Å². The maximum atomic E-state index is 12.0. The molecule has 0 bridgehead atoms. The van der Waals surface area contributed by atoms with Crippen LogP contribution in [0.1, 0.15) is 32.8 Å². The van der Waals surface area contributed by atoms with Crippen molar-refractivity contribution < 1.29 is 19.5 Å². The summed E-state index contributed by atoms with van der Waals surface area (Å²) >= 11 is 0. The van der Waals surface area contributed by atoms with Gasteiger partial charge < -0.3 is 15.3 Å². The van der Waals surface area contributed by atoms with Gasteiger partial charge in [-0.1, -0.05) is 0 Å². The number of hydrogen-bond donors (Lipinski definition) is 2. The van der Waals surface area contributed by atoms with Crippen LogP contribution in [0.15, 0.2) is 18.2 Å². The Balaban J connectivity index is 2.08. The van der Waals surface area contributed by atoms with Crippen LogP contribution < -0.4 is 10.2 Å². The third kappa shape index (κ3) is 3.27. The molecule has 1 aliphatic heterocycles. The summed E-state index contributed by atoms with van der Waals surface area (Å²) in [5.74, 6) is -1.35. The van der Waals surface area contributed by atoms with Crippen LogP contribution in [0.5, 0.6) is 0 Å². The minimum absolute atomic E-state index is 0.00116. The first-order valence-electron chi connectivity index (χ1n) is 7.15. The fraction of sp³-hybridized carbons (Fsp3) is 0.438. The summed E-state index contributed by atoms with van der Waals surface area (Å²) in [6.07, 6.45) is 0.651. The van der Waals surface area contributed by atoms with Crippen molar-refractivity contribution in [3.8, 4) is 0 Å². The van der Waals surface area contributed by atoms with E-state index in [0.29, 0.717) is 12.2 Å². The molecule has 0 aromatic heterocycles. The summed E-state index contributed by atoms with van der Waals surface area (Å²) < 4.78 is 0. The first kappa shape index (κ1) is 16.0. The van der Waals surface area contributed by atoms with Gasteiger partial charge in [-0.2, -0.15) is 0 Å². The van der Waals surface area contributed by atoms with Crippen molar-refractivity contribution in [2.24, 2.45) is 5.41 Å². The summed E-state index contributed by atoms with van der Waals surface area (Å²) in [5, 5.41) is 11.8. The lowest BCUT2D eigenvalue weighted by molar-refractivity contribution is -0.149. The number of carboxylic acid groups (broad SMARTS) is 1. The molecule has 0 spiro atoms. The van der Waals surface area contributed by atoms with Gasteiger partial charge in [0.25, 0.3) is 0 Å². The summed E-state index contributed by atoms with van der Waals surface area (Å²) in [7, 11) is 0. The van der Waals surface area contributed by atoms with Gasteiger partial charge in [-0.05, 0) is 44.0 Å². The fourth-order valence-electron chi connectivity index (χ4n) is 2.49. The maximum absolute atomic E-state index is 12.0. The van der Waals surface area contributed by atoms with Crippen LogP contribution in [-0.4, -0.2) is 29.4 Å². The van der Waals surface area contributed by atoms with Crippen molar-refractivity contribution in [3.63, 3.8) is 0 Å². The van der Waals surface area contributed by atoms with E-state index in [9.17, 15) is 14.4 Å². The monoisotopic (exact) mass is 304 g/mol. The van der Waals surface area contributed by atoms with Crippen LogP contribution in [0.3, 0.4) is 0 Å². The lowest BCUT2D eigenvalue weighted by Gasteiger charge is -2.18. The van der Waals surface area contributed by atoms with Gasteiger partial charge in [0.1, 0.15) is 0 Å². The molecule has 1 aromatic carbocycles. The number of carbonyl (C=O) groups is 3. The van der Waals surface area contributed by atoms with Crippen LogP contribution in [-0.2, 0) is 20.8 Å². The van der Waals surface area contributed by atoms with Gasteiger partial charge in [0.05, 0.1) is 5.41 Å². The highest BCUT2D eigenvalue weighted by atomic mass is 16.4. The molecule has 0 fully saturated rings. The van der Waals surface area contributed by atoms with Crippen molar-refractivity contribution in [1.29, 1.82) is 0 Å². The highest BCUT2D eigenvalue weighted by Crippen LogP contribution is 2.31. The first-order chi connectivity index (χ1) is 10.2. The van der Waals surface area contributed by atoms with Crippen LogP contribution in [0.2, 0.25) is 0 Å². The average Bonchev–Trinajstić information content (AvgIpc) is 2.80. The van der Waals surface area contributed by atoms with E-state index in [4.69, 9.17) is 5.11 Å². The minimum atomic E-state index is -1.10. The van der Waals surface area contributed by atoms with Crippen LogP contribution in [0.4, 0.5) is 11.4 Å². The summed E-state index contributed by atoms with van der Waals surface area (Å²) in [5.41, 5.74) is 1.39. The molecule has 1 aromatic rings. The van der Waals surface area contributed by atoms with E-state index in [-0.39, 0.29) is 18.2 Å². The van der Waals surface area contributed by atoms with Crippen molar-refractivity contribution in [2.45, 2.75) is 33.6 Å². The zero-order valence-corrected chi connectivity index (χ0v) is 13.0. The number of benzene rings is 1. The Bertz CT molecular complexity index is 637. The molecule has 118 valence electrons. The van der Waals surface area contributed by atoms with Crippen molar-refractivity contribution in [2.75, 3.05) is 16.8 Å². The molecule has 0 saturated carbocycles. The number of aliphatic carboxylic acids is 1. The van der Waals surface area contributed by atoms with E-state index < -0.39 is 11.4 Å². The van der Waals surface area contributed by atoms with Crippen LogP contribution >= 0.6 is 0 Å². The summed E-state index contributed by atoms with van der Waals surface area (Å²) in [6, 6.07) is 5.37. The molecule has 0 saturated heterocycles. The minimum Gasteiger partial charge on any atom is -0.481 e. The van der Waals surface area contributed by atoms with Gasteiger partial charge in [-0.15, -0.1) is 0 Å². The summed E-state index contributed by atoms with van der Waals surface area (Å²) in [4.78, 5) is 36.2. The molecule has 6 heteroatoms. The van der Waals surface area contributed by atoms with Gasteiger partial charge in [-0.25, -0.2) is 0 Å². The number of amides is 2. The normalized spacial score (nSPS) is 13.7. The number of anilines is 2. The van der Waals surface area contributed by atoms with Crippen LogP contribution in [0, 0.1) is 5.41 Å². The lowest BCUT2D eigenvalue weighted by Crippen LogP contribution is -2.29. The molecule has 0 unspecified atom stereocenters. The van der Waals surface area contributed by atoms with E-state index in [2.05, 4.69) is 5.32 Å². The van der Waals surface area contributed by atoms with Crippen molar-refractivity contribution >= 4 is 29.2 Å². The van der Waals surface area contributed by atoms with E-state index in [1.54, 1.807) is 11.0 Å². The Hall–Kier alpha value is -2.37. The maximum Gasteiger partial charge on any atom is 0.309 e. The topological polar surface area (TPSA) is 86.7 Å². The SMILES string of the molecule is CC(=O)N1CCc2cc(NC(=O)CC(C)(C)C(=O)O)ccc21. The quantitative estimate of drug-likeness (QED) is 0.891. The number of nitrogens with zero attached hydrogens (tertiary/aromatic N) is 1. The lowest BCUT2D eigenvalue weighted by atomic mass is 9.89. The summed E-state index contributed by atoms with van der Waals surface area (Å²) in [6.45, 7) is 5.21. The van der Waals surface area contributed by atoms with E-state index in [1.807, 2.05) is 12.1 Å². The highest BCUT2D eigenvalue weighted by Gasteiger charge is 2.30. The van der Waals surface area contributed by atoms with E-state index >= 15 is 0 Å². The van der Waals surface area contributed by atoms with Crippen LogP contribution in [0.25, 0.3) is 0 Å². The van der Waals surface area contributed by atoms with Crippen molar-refractivity contribution in [3.05, 3.63) is 23.8 Å². The predicted molar refractivity (Wildman–Crippen MR) is 82.8 cm³/mol. The second-order valence-corrected chi connectivity index (χ2v) is 6.18. The molecule has 2 rings (SSSR count). The van der Waals surface area contributed by atoms with Gasteiger partial charge in [0.15, 0.2) is 0 Å². The molecule has 0 aliphatic carbocycles. The number of nitrogens with one attached hydrogen (secondary N) is 1. The number of fused-ring (bicyclic) bond motifs is 1. The zero-order chi connectivity index (χ0) is 16.5. The third-order valence-electron chi connectivity index (χ3n) is 3.82. The molecule has 1 heterocycles. The largest absolute Gasteiger partial charge is 0.481 e. The second-order valence-electron chi connectivity index (χ2n) is 6.18. The van der Waals surface area contributed by atoms with Gasteiger partial charge in [0.2, 0.25) is 11.8 Å². The number of rotatable bonds is 4. The van der Waals surface area contributed by atoms with Crippen molar-refractivity contribution in [1.82, 2.24) is 0 Å². The van der Waals surface area contributed by atoms with E-state index in [1.165, 1.54) is 20.8 Å². The number of hydrogen-bond acceptors (Lipinski definition) is 3. The predicted octanol–water partition coefficient (Wildman–Crippen LogP) is 2.03. The molecule has 1 aliphatic rings. The molecule has 2 N–H and O–H groups in total. The zero-order valence-electron chi connectivity index (χ0n) is 13.0. The average molecular weight is 304 g/mol. The molecule has 22 heavy (non-hydrogen) atoms. The second kappa shape index (κ2) is 5.79. The molecule has 0 radical (unpaired) electrons. The molecular weight excluding hydrogens is 284 g/mol. The Morgan fingerprint density at radius 2 is 2.00 bits per heavy atom. The molecule has 6 nitrogen and oxygen atoms in total. The smallest absolute Gasteiger partial charge is 0.309 e. The molecular formula is C16H20N2O4. The first-order valence-corrected chi connectivity index (χ1v) is 7.15.